The molecule has 0 radical (unpaired) electrons. The van der Waals surface area contributed by atoms with Gasteiger partial charge in [0.05, 0.1) is 17.7 Å². The number of rotatable bonds is 6. The highest BCUT2D eigenvalue weighted by Gasteiger charge is 2.39. The van der Waals surface area contributed by atoms with Crippen LogP contribution in [0.1, 0.15) is 41.1 Å². The Balaban J connectivity index is 1.86. The Labute approximate surface area is 180 Å². The van der Waals surface area contributed by atoms with E-state index in [1.165, 1.54) is 0 Å². The number of benzene rings is 2. The molecule has 1 fully saturated rings. The molecule has 0 aliphatic carbocycles. The van der Waals surface area contributed by atoms with Crippen LogP contribution in [0.5, 0.6) is 0 Å². The minimum atomic E-state index is -4.99. The average molecular weight is 461 g/mol. The molecule has 1 aliphatic heterocycles. The lowest BCUT2D eigenvalue weighted by Crippen LogP contribution is -2.44. The summed E-state index contributed by atoms with van der Waals surface area (Å²) < 4.78 is 83.9. The molecule has 1 heterocycles. The smallest absolute Gasteiger partial charge is 0.416 e. The molecule has 174 valence electrons. The highest BCUT2D eigenvalue weighted by Crippen LogP contribution is 2.37. The van der Waals surface area contributed by atoms with Crippen molar-refractivity contribution in [2.45, 2.75) is 43.9 Å². The molecule has 2 aromatic carbocycles. The summed E-state index contributed by atoms with van der Waals surface area (Å²) in [6.07, 6.45) is -10.3. The molecule has 32 heavy (non-hydrogen) atoms. The van der Waals surface area contributed by atoms with Crippen molar-refractivity contribution in [3.8, 4) is 0 Å². The largest absolute Gasteiger partial charge is 0.479 e. The highest BCUT2D eigenvalue weighted by molar-refractivity contribution is 5.73. The fourth-order valence-electron chi connectivity index (χ4n) is 3.93. The van der Waals surface area contributed by atoms with Gasteiger partial charge in [0.25, 0.3) is 0 Å². The number of carboxylic acids is 1. The first-order valence-electron chi connectivity index (χ1n) is 9.88. The van der Waals surface area contributed by atoms with Crippen LogP contribution < -0.4 is 5.32 Å². The molecule has 0 bridgehead atoms. The lowest BCUT2D eigenvalue weighted by atomic mass is 9.82. The van der Waals surface area contributed by atoms with E-state index < -0.39 is 53.6 Å². The molecule has 0 saturated carbocycles. The molecule has 3 atom stereocenters. The van der Waals surface area contributed by atoms with Crippen molar-refractivity contribution in [2.75, 3.05) is 6.54 Å². The number of carbonyl (C=O) groups is 1. The summed E-state index contributed by atoms with van der Waals surface area (Å²) in [5.41, 5.74) is -2.53. The topological polar surface area (TPSA) is 58.6 Å². The van der Waals surface area contributed by atoms with Crippen molar-refractivity contribution < 1.29 is 41.0 Å². The van der Waals surface area contributed by atoms with Crippen LogP contribution in [0.2, 0.25) is 0 Å². The van der Waals surface area contributed by atoms with E-state index in [2.05, 4.69) is 5.32 Å². The van der Waals surface area contributed by atoms with Crippen LogP contribution in [0.3, 0.4) is 0 Å². The van der Waals surface area contributed by atoms with Crippen molar-refractivity contribution in [3.63, 3.8) is 0 Å². The van der Waals surface area contributed by atoms with Gasteiger partial charge in [0.1, 0.15) is 0 Å². The van der Waals surface area contributed by atoms with Crippen molar-refractivity contribution in [3.05, 3.63) is 70.8 Å². The minimum Gasteiger partial charge on any atom is -0.479 e. The zero-order valence-electron chi connectivity index (χ0n) is 16.7. The first-order valence-corrected chi connectivity index (χ1v) is 9.88. The molecule has 1 saturated heterocycles. The second kappa shape index (κ2) is 9.50. The van der Waals surface area contributed by atoms with Crippen LogP contribution in [0.25, 0.3) is 0 Å². The number of ether oxygens (including phenoxy) is 1. The van der Waals surface area contributed by atoms with Crippen LogP contribution in [-0.4, -0.2) is 23.7 Å². The number of nitrogens with one attached hydrogen (secondary N) is 1. The molecule has 2 aromatic rings. The summed E-state index contributed by atoms with van der Waals surface area (Å²) in [6.45, 7) is -0.0626. The Bertz CT molecular complexity index is 897. The quantitative estimate of drug-likeness (QED) is 0.563. The van der Waals surface area contributed by atoms with Gasteiger partial charge in [-0.1, -0.05) is 30.3 Å². The molecule has 1 aliphatic rings. The zero-order chi connectivity index (χ0) is 23.5. The van der Waals surface area contributed by atoms with Gasteiger partial charge in [0.2, 0.25) is 0 Å². The molecular formula is C22H21F6NO3. The summed E-state index contributed by atoms with van der Waals surface area (Å²) in [4.78, 5) is 11.9. The number of piperidine rings is 1. The van der Waals surface area contributed by atoms with Gasteiger partial charge in [-0.3, -0.25) is 0 Å². The summed E-state index contributed by atoms with van der Waals surface area (Å²) >= 11 is 0. The second-order valence-electron chi connectivity index (χ2n) is 7.63. The predicted molar refractivity (Wildman–Crippen MR) is 103 cm³/mol. The van der Waals surface area contributed by atoms with E-state index in [4.69, 9.17) is 4.74 Å². The second-order valence-corrected chi connectivity index (χ2v) is 7.63. The van der Waals surface area contributed by atoms with Crippen molar-refractivity contribution in [1.82, 2.24) is 5.32 Å². The third-order valence-electron chi connectivity index (χ3n) is 5.37. The maximum atomic E-state index is 13.1. The maximum Gasteiger partial charge on any atom is 0.416 e. The lowest BCUT2D eigenvalue weighted by molar-refractivity contribution is -0.158. The summed E-state index contributed by atoms with van der Waals surface area (Å²) in [5.74, 6) is -1.89. The SMILES string of the molecule is O=C(O)C(OCc1cc(C(F)(F)F)cc(C(F)(F)F)c1)C1CCCNC1c1ccccc1. The average Bonchev–Trinajstić information content (AvgIpc) is 2.73. The van der Waals surface area contributed by atoms with Crippen molar-refractivity contribution in [1.29, 1.82) is 0 Å². The molecule has 10 heteroatoms. The molecule has 0 aromatic heterocycles. The number of hydrogen-bond donors (Lipinski definition) is 2. The zero-order valence-corrected chi connectivity index (χ0v) is 16.7. The Kier molecular flexibility index (Phi) is 7.14. The monoisotopic (exact) mass is 461 g/mol. The standard InChI is InChI=1S/C22H21F6NO3/c23-21(24,25)15-9-13(10-16(11-15)22(26,27)28)12-32-19(20(30)31)17-7-4-8-29-18(17)14-5-2-1-3-6-14/h1-3,5-6,9-11,17-19,29H,4,7-8,12H2,(H,30,31). The summed E-state index contributed by atoms with van der Waals surface area (Å²) in [5, 5.41) is 13.0. The Morgan fingerprint density at radius 2 is 1.62 bits per heavy atom. The lowest BCUT2D eigenvalue weighted by Gasteiger charge is -2.36. The van der Waals surface area contributed by atoms with Gasteiger partial charge in [-0.05, 0) is 48.7 Å². The summed E-state index contributed by atoms with van der Waals surface area (Å²) in [7, 11) is 0. The maximum absolute atomic E-state index is 13.1. The van der Waals surface area contributed by atoms with Crippen LogP contribution in [0.4, 0.5) is 26.3 Å². The normalized spacial score (nSPS) is 20.7. The van der Waals surface area contributed by atoms with E-state index in [1.54, 1.807) is 18.2 Å². The van der Waals surface area contributed by atoms with Crippen LogP contribution in [-0.2, 0) is 28.5 Å². The first kappa shape index (κ1) is 24.1. The Morgan fingerprint density at radius 3 is 2.16 bits per heavy atom. The van der Waals surface area contributed by atoms with Gasteiger partial charge in [-0.2, -0.15) is 26.3 Å². The van der Waals surface area contributed by atoms with Gasteiger partial charge in [-0.15, -0.1) is 0 Å². The fraction of sp³-hybridized carbons (Fsp3) is 0.409. The molecule has 0 spiro atoms. The molecule has 0 amide bonds. The Morgan fingerprint density at radius 1 is 1.03 bits per heavy atom. The predicted octanol–water partition coefficient (Wildman–Crippen LogP) is 5.43. The summed E-state index contributed by atoms with van der Waals surface area (Å²) in [6, 6.07) is 9.76. The molecule has 3 rings (SSSR count). The first-order chi connectivity index (χ1) is 15.0. The molecular weight excluding hydrogens is 440 g/mol. The number of aliphatic carboxylic acids is 1. The number of halogens is 6. The van der Waals surface area contributed by atoms with Crippen LogP contribution in [0, 0.1) is 5.92 Å². The minimum absolute atomic E-state index is 0.0225. The van der Waals surface area contributed by atoms with Crippen molar-refractivity contribution in [2.24, 2.45) is 5.92 Å². The van der Waals surface area contributed by atoms with Crippen molar-refractivity contribution >= 4 is 5.97 Å². The van der Waals surface area contributed by atoms with Crippen LogP contribution in [0.15, 0.2) is 48.5 Å². The molecule has 3 unspecified atom stereocenters. The van der Waals surface area contributed by atoms with E-state index in [-0.39, 0.29) is 12.1 Å². The van der Waals surface area contributed by atoms with E-state index in [1.807, 2.05) is 12.1 Å². The third-order valence-corrected chi connectivity index (χ3v) is 5.37. The Hall–Kier alpha value is -2.59. The van der Waals surface area contributed by atoms with E-state index in [0.717, 1.165) is 5.56 Å². The van der Waals surface area contributed by atoms with Gasteiger partial charge in [0, 0.05) is 12.0 Å². The molecule has 4 nitrogen and oxygen atoms in total. The highest BCUT2D eigenvalue weighted by atomic mass is 19.4. The number of carboxylic acid groups (broad SMARTS) is 1. The fourth-order valence-corrected chi connectivity index (χ4v) is 3.93. The van der Waals surface area contributed by atoms with Gasteiger partial charge >= 0.3 is 18.3 Å². The number of alkyl halides is 6. The van der Waals surface area contributed by atoms with Gasteiger partial charge < -0.3 is 15.2 Å². The van der Waals surface area contributed by atoms with E-state index in [9.17, 15) is 36.2 Å². The molecule has 2 N–H and O–H groups in total. The van der Waals surface area contributed by atoms with Gasteiger partial charge in [-0.25, -0.2) is 4.79 Å². The van der Waals surface area contributed by atoms with E-state index >= 15 is 0 Å². The van der Waals surface area contributed by atoms with Crippen LogP contribution >= 0.6 is 0 Å². The third kappa shape index (κ3) is 5.80. The number of hydrogen-bond acceptors (Lipinski definition) is 3. The van der Waals surface area contributed by atoms with E-state index in [0.29, 0.717) is 31.5 Å². The van der Waals surface area contributed by atoms with Gasteiger partial charge in [0.15, 0.2) is 6.10 Å².